The van der Waals surface area contributed by atoms with E-state index in [4.69, 9.17) is 4.42 Å². The van der Waals surface area contributed by atoms with Gasteiger partial charge in [0.15, 0.2) is 5.76 Å². The minimum atomic E-state index is -2.99. The van der Waals surface area contributed by atoms with E-state index < -0.39 is 9.84 Å². The van der Waals surface area contributed by atoms with E-state index >= 15 is 0 Å². The number of nitrogens with one attached hydrogen (secondary N) is 1. The zero-order valence-electron chi connectivity index (χ0n) is 16.6. The minimum Gasteiger partial charge on any atom is -0.459 e. The van der Waals surface area contributed by atoms with Gasteiger partial charge in [-0.15, -0.1) is 0 Å². The summed E-state index contributed by atoms with van der Waals surface area (Å²) in [6, 6.07) is 8.43. The first-order valence-corrected chi connectivity index (χ1v) is 11.4. The normalized spacial score (nSPS) is 15.3. The first kappa shape index (κ1) is 21.1. The third-order valence-electron chi connectivity index (χ3n) is 4.92. The molecule has 9 heteroatoms. The van der Waals surface area contributed by atoms with Gasteiger partial charge in [0.25, 0.3) is 11.8 Å². The molecule has 0 saturated carbocycles. The average molecular weight is 420 g/mol. The van der Waals surface area contributed by atoms with Crippen LogP contribution in [0.25, 0.3) is 0 Å². The topological polar surface area (TPSA) is 99.9 Å². The number of furan rings is 1. The molecule has 1 fully saturated rings. The fourth-order valence-electron chi connectivity index (χ4n) is 3.13. The number of hydrogen-bond acceptors (Lipinski definition) is 6. The van der Waals surface area contributed by atoms with E-state index in [9.17, 15) is 18.0 Å². The van der Waals surface area contributed by atoms with Crippen molar-refractivity contribution in [2.45, 2.75) is 6.92 Å². The molecule has 0 atom stereocenters. The lowest BCUT2D eigenvalue weighted by molar-refractivity contribution is 0.0644. The molecule has 1 saturated heterocycles. The molecule has 29 heavy (non-hydrogen) atoms. The second-order valence-electron chi connectivity index (χ2n) is 7.22. The van der Waals surface area contributed by atoms with Gasteiger partial charge in [-0.1, -0.05) is 6.07 Å². The molecule has 0 spiro atoms. The smallest absolute Gasteiger partial charge is 0.291 e. The summed E-state index contributed by atoms with van der Waals surface area (Å²) in [4.78, 5) is 28.9. The number of carbonyl (C=O) groups excluding carboxylic acids is 2. The number of rotatable bonds is 6. The van der Waals surface area contributed by atoms with E-state index in [1.54, 1.807) is 35.2 Å². The quantitative estimate of drug-likeness (QED) is 0.764. The molecule has 0 unspecified atom stereocenters. The van der Waals surface area contributed by atoms with Crippen molar-refractivity contribution < 1.29 is 22.4 Å². The van der Waals surface area contributed by atoms with Crippen LogP contribution in [0.5, 0.6) is 0 Å². The molecular formula is C20H25N3O5S. The van der Waals surface area contributed by atoms with E-state index in [2.05, 4.69) is 10.2 Å². The number of nitrogens with zero attached hydrogens (tertiary/aromatic N) is 2. The highest BCUT2D eigenvalue weighted by atomic mass is 32.2. The number of benzene rings is 1. The Hall–Kier alpha value is -2.65. The Bertz CT molecular complexity index is 978. The zero-order chi connectivity index (χ0) is 21.0. The third-order valence-corrected chi connectivity index (χ3v) is 5.84. The van der Waals surface area contributed by atoms with E-state index in [0.717, 1.165) is 5.56 Å². The van der Waals surface area contributed by atoms with Crippen molar-refractivity contribution in [3.8, 4) is 0 Å². The van der Waals surface area contributed by atoms with Crippen LogP contribution in [0.1, 0.15) is 26.5 Å². The predicted octanol–water partition coefficient (Wildman–Crippen LogP) is 1.64. The monoisotopic (exact) mass is 419 g/mol. The number of sulfone groups is 1. The third kappa shape index (κ3) is 5.68. The van der Waals surface area contributed by atoms with Gasteiger partial charge in [-0.05, 0) is 36.8 Å². The highest BCUT2D eigenvalue weighted by Crippen LogP contribution is 2.20. The molecule has 1 aliphatic rings. The molecule has 2 aromatic rings. The molecular weight excluding hydrogens is 394 g/mol. The lowest BCUT2D eigenvalue weighted by atomic mass is 10.1. The summed E-state index contributed by atoms with van der Waals surface area (Å²) in [7, 11) is -2.99. The van der Waals surface area contributed by atoms with Gasteiger partial charge in [-0.2, -0.15) is 0 Å². The summed E-state index contributed by atoms with van der Waals surface area (Å²) >= 11 is 0. The van der Waals surface area contributed by atoms with Gasteiger partial charge >= 0.3 is 0 Å². The second kappa shape index (κ2) is 8.79. The maximum Gasteiger partial charge on any atom is 0.291 e. The van der Waals surface area contributed by atoms with E-state index in [1.165, 1.54) is 12.5 Å². The first-order chi connectivity index (χ1) is 13.7. The van der Waals surface area contributed by atoms with Gasteiger partial charge in [0.1, 0.15) is 9.84 Å². The number of amides is 2. The molecule has 2 heterocycles. The van der Waals surface area contributed by atoms with Gasteiger partial charge in [0.05, 0.1) is 12.0 Å². The number of aryl methyl sites for hydroxylation is 1. The van der Waals surface area contributed by atoms with E-state index in [-0.39, 0.29) is 23.3 Å². The molecule has 1 aromatic carbocycles. The van der Waals surface area contributed by atoms with Gasteiger partial charge < -0.3 is 14.6 Å². The maximum absolute atomic E-state index is 12.9. The fourth-order valence-corrected chi connectivity index (χ4v) is 3.72. The molecule has 0 aliphatic carbocycles. The van der Waals surface area contributed by atoms with Crippen molar-refractivity contribution >= 4 is 27.3 Å². The zero-order valence-corrected chi connectivity index (χ0v) is 17.4. The van der Waals surface area contributed by atoms with E-state index in [1.807, 2.05) is 6.92 Å². The van der Waals surface area contributed by atoms with Gasteiger partial charge in [0, 0.05) is 50.2 Å². The van der Waals surface area contributed by atoms with Gasteiger partial charge in [0.2, 0.25) is 0 Å². The highest BCUT2D eigenvalue weighted by molar-refractivity contribution is 7.90. The van der Waals surface area contributed by atoms with Gasteiger partial charge in [-0.25, -0.2) is 8.42 Å². The number of carbonyl (C=O) groups is 2. The SMILES string of the molecule is Cc1ccc(C(=O)N2CCN(CCS(C)(=O)=O)CC2)cc1NC(=O)c1ccco1. The maximum atomic E-state index is 12.9. The Labute approximate surface area is 170 Å². The molecule has 8 nitrogen and oxygen atoms in total. The van der Waals surface area contributed by atoms with Crippen LogP contribution in [0.15, 0.2) is 41.0 Å². The first-order valence-electron chi connectivity index (χ1n) is 9.38. The van der Waals surface area contributed by atoms with Crippen molar-refractivity contribution in [3.63, 3.8) is 0 Å². The van der Waals surface area contributed by atoms with Crippen LogP contribution < -0.4 is 5.32 Å². The van der Waals surface area contributed by atoms with Crippen LogP contribution in [-0.4, -0.2) is 74.8 Å². The molecule has 0 radical (unpaired) electrons. The summed E-state index contributed by atoms with van der Waals surface area (Å²) in [6.45, 7) is 4.67. The highest BCUT2D eigenvalue weighted by Gasteiger charge is 2.23. The Kier molecular flexibility index (Phi) is 6.39. The van der Waals surface area contributed by atoms with Crippen LogP contribution in [0.4, 0.5) is 5.69 Å². The van der Waals surface area contributed by atoms with Crippen LogP contribution in [0.3, 0.4) is 0 Å². The van der Waals surface area contributed by atoms with Crippen molar-refractivity contribution in [2.24, 2.45) is 0 Å². The summed E-state index contributed by atoms with van der Waals surface area (Å²) in [5, 5.41) is 2.78. The van der Waals surface area contributed by atoms with Crippen LogP contribution in [-0.2, 0) is 9.84 Å². The van der Waals surface area contributed by atoms with Crippen molar-refractivity contribution in [3.05, 3.63) is 53.5 Å². The summed E-state index contributed by atoms with van der Waals surface area (Å²) in [5.41, 5.74) is 1.89. The summed E-state index contributed by atoms with van der Waals surface area (Å²) < 4.78 is 27.7. The van der Waals surface area contributed by atoms with Crippen molar-refractivity contribution in [1.82, 2.24) is 9.80 Å². The predicted molar refractivity (Wildman–Crippen MR) is 110 cm³/mol. The lowest BCUT2D eigenvalue weighted by Crippen LogP contribution is -2.49. The number of anilines is 1. The van der Waals surface area contributed by atoms with E-state index in [0.29, 0.717) is 44.0 Å². The number of piperazine rings is 1. The van der Waals surface area contributed by atoms with Crippen LogP contribution >= 0.6 is 0 Å². The molecule has 1 N–H and O–H groups in total. The number of hydrogen-bond donors (Lipinski definition) is 1. The second-order valence-corrected chi connectivity index (χ2v) is 9.48. The molecule has 1 aliphatic heterocycles. The lowest BCUT2D eigenvalue weighted by Gasteiger charge is -2.34. The molecule has 1 aromatic heterocycles. The standard InChI is InChI=1S/C20H25N3O5S/c1-15-5-6-16(14-17(15)21-19(24)18-4-3-12-28-18)20(25)23-9-7-22(8-10-23)11-13-29(2,26)27/h3-6,12,14H,7-11,13H2,1-2H3,(H,21,24). The van der Waals surface area contributed by atoms with Crippen LogP contribution in [0.2, 0.25) is 0 Å². The largest absolute Gasteiger partial charge is 0.459 e. The molecule has 0 bridgehead atoms. The Morgan fingerprint density at radius 2 is 1.86 bits per heavy atom. The van der Waals surface area contributed by atoms with Gasteiger partial charge in [-0.3, -0.25) is 14.5 Å². The Balaban J connectivity index is 1.62. The Morgan fingerprint density at radius 1 is 1.14 bits per heavy atom. The molecule has 156 valence electrons. The van der Waals surface area contributed by atoms with Crippen molar-refractivity contribution in [2.75, 3.05) is 50.0 Å². The Morgan fingerprint density at radius 3 is 2.48 bits per heavy atom. The summed E-state index contributed by atoms with van der Waals surface area (Å²) in [6.07, 6.45) is 2.66. The average Bonchev–Trinajstić information content (AvgIpc) is 3.22. The fraction of sp³-hybridized carbons (Fsp3) is 0.400. The summed E-state index contributed by atoms with van der Waals surface area (Å²) in [5.74, 6) is -0.160. The minimum absolute atomic E-state index is 0.110. The van der Waals surface area contributed by atoms with Crippen LogP contribution in [0, 0.1) is 6.92 Å². The van der Waals surface area contributed by atoms with Crippen molar-refractivity contribution in [1.29, 1.82) is 0 Å². The molecule has 3 rings (SSSR count). The molecule has 2 amide bonds.